The van der Waals surface area contributed by atoms with Gasteiger partial charge in [-0.2, -0.15) is 0 Å². The first-order chi connectivity index (χ1) is 16.3. The SMILES string of the molecule is Cc1cccc(OCCNC(=O)CCCN(c2ccc(Oc3ccccc3)cc2)S(C)(=O)=O)c1. The van der Waals surface area contributed by atoms with Gasteiger partial charge in [-0.05, 0) is 67.4 Å². The van der Waals surface area contributed by atoms with Crippen molar-refractivity contribution in [3.8, 4) is 17.2 Å². The zero-order valence-electron chi connectivity index (χ0n) is 19.4. The third-order valence-electron chi connectivity index (χ3n) is 4.95. The van der Waals surface area contributed by atoms with Crippen molar-refractivity contribution in [2.75, 3.05) is 30.3 Å². The van der Waals surface area contributed by atoms with E-state index in [0.29, 0.717) is 36.8 Å². The minimum atomic E-state index is -3.50. The molecule has 3 aromatic rings. The predicted molar refractivity (Wildman–Crippen MR) is 134 cm³/mol. The predicted octanol–water partition coefficient (Wildman–Crippen LogP) is 4.53. The number of nitrogens with zero attached hydrogens (tertiary/aromatic N) is 1. The maximum Gasteiger partial charge on any atom is 0.232 e. The lowest BCUT2D eigenvalue weighted by Gasteiger charge is -2.22. The number of para-hydroxylation sites is 1. The summed E-state index contributed by atoms with van der Waals surface area (Å²) >= 11 is 0. The summed E-state index contributed by atoms with van der Waals surface area (Å²) in [5.74, 6) is 1.92. The van der Waals surface area contributed by atoms with Crippen LogP contribution >= 0.6 is 0 Å². The van der Waals surface area contributed by atoms with Crippen LogP contribution in [0.25, 0.3) is 0 Å². The number of hydrogen-bond donors (Lipinski definition) is 1. The van der Waals surface area contributed by atoms with Gasteiger partial charge in [-0.25, -0.2) is 8.42 Å². The highest BCUT2D eigenvalue weighted by atomic mass is 32.2. The molecular formula is C26H30N2O5S. The molecule has 0 heterocycles. The van der Waals surface area contributed by atoms with E-state index in [0.717, 1.165) is 17.6 Å². The molecule has 0 saturated carbocycles. The number of anilines is 1. The van der Waals surface area contributed by atoms with Crippen molar-refractivity contribution < 1.29 is 22.7 Å². The Morgan fingerprint density at radius 2 is 1.59 bits per heavy atom. The van der Waals surface area contributed by atoms with Crippen LogP contribution in [0.5, 0.6) is 17.2 Å². The van der Waals surface area contributed by atoms with Crippen molar-refractivity contribution in [2.45, 2.75) is 19.8 Å². The van der Waals surface area contributed by atoms with Crippen LogP contribution in [0, 0.1) is 6.92 Å². The maximum absolute atomic E-state index is 12.3. The molecule has 0 aliphatic carbocycles. The number of sulfonamides is 1. The summed E-state index contributed by atoms with van der Waals surface area (Å²) in [5, 5.41) is 2.80. The summed E-state index contributed by atoms with van der Waals surface area (Å²) in [7, 11) is -3.50. The summed E-state index contributed by atoms with van der Waals surface area (Å²) in [5.41, 5.74) is 1.63. The molecule has 0 fully saturated rings. The third kappa shape index (κ3) is 8.12. The first kappa shape index (κ1) is 25.1. The molecule has 0 aliphatic heterocycles. The molecule has 0 saturated heterocycles. The number of ether oxygens (including phenoxy) is 2. The molecule has 1 N–H and O–H groups in total. The summed E-state index contributed by atoms with van der Waals surface area (Å²) in [6.45, 7) is 2.93. The van der Waals surface area contributed by atoms with Gasteiger partial charge in [0.1, 0.15) is 23.9 Å². The van der Waals surface area contributed by atoms with Crippen molar-refractivity contribution in [2.24, 2.45) is 0 Å². The third-order valence-corrected chi connectivity index (χ3v) is 6.15. The molecule has 34 heavy (non-hydrogen) atoms. The Hall–Kier alpha value is -3.52. The Bertz CT molecular complexity index is 1170. The largest absolute Gasteiger partial charge is 0.492 e. The van der Waals surface area contributed by atoms with E-state index in [-0.39, 0.29) is 18.9 Å². The van der Waals surface area contributed by atoms with Gasteiger partial charge < -0.3 is 14.8 Å². The minimum absolute atomic E-state index is 0.145. The van der Waals surface area contributed by atoms with Gasteiger partial charge in [-0.1, -0.05) is 30.3 Å². The molecule has 0 radical (unpaired) electrons. The van der Waals surface area contributed by atoms with E-state index < -0.39 is 10.0 Å². The number of amides is 1. The van der Waals surface area contributed by atoms with Gasteiger partial charge in [0.2, 0.25) is 15.9 Å². The fraction of sp³-hybridized carbons (Fsp3) is 0.269. The number of benzene rings is 3. The molecule has 1 amide bonds. The fourth-order valence-corrected chi connectivity index (χ4v) is 4.29. The van der Waals surface area contributed by atoms with E-state index in [4.69, 9.17) is 9.47 Å². The van der Waals surface area contributed by atoms with E-state index >= 15 is 0 Å². The highest BCUT2D eigenvalue weighted by molar-refractivity contribution is 7.92. The van der Waals surface area contributed by atoms with Gasteiger partial charge in [0.15, 0.2) is 0 Å². The normalized spacial score (nSPS) is 11.0. The molecule has 0 aliphatic rings. The van der Waals surface area contributed by atoms with Gasteiger partial charge in [0, 0.05) is 13.0 Å². The maximum atomic E-state index is 12.3. The van der Waals surface area contributed by atoms with E-state index in [2.05, 4.69) is 5.32 Å². The van der Waals surface area contributed by atoms with Crippen molar-refractivity contribution in [1.29, 1.82) is 0 Å². The lowest BCUT2D eigenvalue weighted by molar-refractivity contribution is -0.121. The van der Waals surface area contributed by atoms with Gasteiger partial charge in [-0.3, -0.25) is 9.10 Å². The number of carbonyl (C=O) groups is 1. The first-order valence-electron chi connectivity index (χ1n) is 11.1. The highest BCUT2D eigenvalue weighted by Crippen LogP contribution is 2.25. The average molecular weight is 483 g/mol. The number of rotatable bonds is 12. The van der Waals surface area contributed by atoms with Gasteiger partial charge in [-0.15, -0.1) is 0 Å². The van der Waals surface area contributed by atoms with Crippen LogP contribution < -0.4 is 19.1 Å². The monoisotopic (exact) mass is 482 g/mol. The zero-order valence-corrected chi connectivity index (χ0v) is 20.3. The molecule has 0 spiro atoms. The molecule has 8 heteroatoms. The number of nitrogens with one attached hydrogen (secondary N) is 1. The van der Waals surface area contributed by atoms with Gasteiger partial charge in [0.05, 0.1) is 18.5 Å². The van der Waals surface area contributed by atoms with Crippen molar-refractivity contribution in [3.63, 3.8) is 0 Å². The van der Waals surface area contributed by atoms with E-state index in [1.165, 1.54) is 4.31 Å². The van der Waals surface area contributed by atoms with Crippen molar-refractivity contribution >= 4 is 21.6 Å². The highest BCUT2D eigenvalue weighted by Gasteiger charge is 2.17. The van der Waals surface area contributed by atoms with Crippen LogP contribution in [0.15, 0.2) is 78.9 Å². The number of hydrogen-bond acceptors (Lipinski definition) is 5. The van der Waals surface area contributed by atoms with E-state index in [9.17, 15) is 13.2 Å². The second kappa shape index (κ2) is 12.1. The van der Waals surface area contributed by atoms with Crippen LogP contribution in [-0.4, -0.2) is 40.3 Å². The Balaban J connectivity index is 1.45. The topological polar surface area (TPSA) is 84.9 Å². The van der Waals surface area contributed by atoms with Crippen molar-refractivity contribution in [3.05, 3.63) is 84.4 Å². The molecule has 180 valence electrons. The summed E-state index contributed by atoms with van der Waals surface area (Å²) in [6, 6.07) is 23.9. The molecule has 0 bridgehead atoms. The quantitative estimate of drug-likeness (QED) is 0.384. The minimum Gasteiger partial charge on any atom is -0.492 e. The summed E-state index contributed by atoms with van der Waals surface area (Å²) in [6.07, 6.45) is 1.76. The molecule has 7 nitrogen and oxygen atoms in total. The zero-order chi connectivity index (χ0) is 24.4. The van der Waals surface area contributed by atoms with Crippen LogP contribution in [0.4, 0.5) is 5.69 Å². The molecule has 0 unspecified atom stereocenters. The Morgan fingerprint density at radius 1 is 0.912 bits per heavy atom. The lowest BCUT2D eigenvalue weighted by Crippen LogP contribution is -2.32. The lowest BCUT2D eigenvalue weighted by atomic mass is 10.2. The van der Waals surface area contributed by atoms with Crippen LogP contribution in [0.3, 0.4) is 0 Å². The molecular weight excluding hydrogens is 452 g/mol. The second-order valence-electron chi connectivity index (χ2n) is 7.86. The summed E-state index contributed by atoms with van der Waals surface area (Å²) < 4.78 is 37.3. The Kier molecular flexibility index (Phi) is 8.93. The van der Waals surface area contributed by atoms with E-state index in [1.807, 2.05) is 61.5 Å². The molecule has 3 aromatic carbocycles. The molecule has 0 aromatic heterocycles. The summed E-state index contributed by atoms with van der Waals surface area (Å²) in [4.78, 5) is 12.1. The Morgan fingerprint density at radius 3 is 2.26 bits per heavy atom. The van der Waals surface area contributed by atoms with E-state index in [1.54, 1.807) is 24.3 Å². The van der Waals surface area contributed by atoms with Gasteiger partial charge in [0.25, 0.3) is 0 Å². The molecule has 0 atom stereocenters. The average Bonchev–Trinajstić information content (AvgIpc) is 2.80. The van der Waals surface area contributed by atoms with Crippen LogP contribution in [-0.2, 0) is 14.8 Å². The van der Waals surface area contributed by atoms with Crippen LogP contribution in [0.1, 0.15) is 18.4 Å². The fourth-order valence-electron chi connectivity index (χ4n) is 3.33. The van der Waals surface area contributed by atoms with Crippen molar-refractivity contribution in [1.82, 2.24) is 5.32 Å². The smallest absolute Gasteiger partial charge is 0.232 e. The second-order valence-corrected chi connectivity index (χ2v) is 9.77. The molecule has 3 rings (SSSR count). The van der Waals surface area contributed by atoms with Crippen LogP contribution in [0.2, 0.25) is 0 Å². The standard InChI is InChI=1S/C26H30N2O5S/c1-21-8-6-11-25(20-21)32-19-17-27-26(29)12-7-18-28(34(2,30)31)22-13-15-24(16-14-22)33-23-9-4-3-5-10-23/h3-6,8-11,13-16,20H,7,12,17-19H2,1-2H3,(H,27,29). The number of carbonyl (C=O) groups excluding carboxylic acids is 1. The first-order valence-corrected chi connectivity index (χ1v) is 12.9. The van der Waals surface area contributed by atoms with Gasteiger partial charge >= 0.3 is 0 Å². The Labute approximate surface area is 201 Å². The number of aryl methyl sites for hydroxylation is 1.